The molecule has 142 valence electrons. The van der Waals surface area contributed by atoms with Gasteiger partial charge < -0.3 is 9.84 Å². The molecule has 1 fully saturated rings. The first-order chi connectivity index (χ1) is 15.0. The molecular weight excluding hydrogens is 338 g/mol. The number of phenols is 1. The third-order valence-corrected chi connectivity index (χ3v) is 5.69. The lowest BCUT2D eigenvalue weighted by Crippen LogP contribution is -2.34. The molecule has 1 atom stereocenters. The summed E-state index contributed by atoms with van der Waals surface area (Å²) >= 11 is 0. The number of carbonyl (C=O) groups excluding carboxylic acids is 1. The van der Waals surface area contributed by atoms with E-state index in [1.165, 1.54) is 12.1 Å². The fourth-order valence-corrected chi connectivity index (χ4v) is 4.24. The molecule has 1 heterocycles. The second-order valence-corrected chi connectivity index (χ2v) is 7.49. The molecule has 0 saturated carbocycles. The molecule has 4 nitrogen and oxygen atoms in total. The van der Waals surface area contributed by atoms with Gasteiger partial charge in [0.05, 0.1) is 11.2 Å². The smallest absolute Gasteiger partial charge is 0.166 e. The number of aromatic hydroxyl groups is 1. The number of piperidine rings is 1. The van der Waals surface area contributed by atoms with Crippen LogP contribution >= 0.6 is 0 Å². The predicted molar refractivity (Wildman–Crippen MR) is 105 cm³/mol. The Hall–Kier alpha value is -2.33. The number of phenolic OH excluding ortho intramolecular Hbond substituents is 1. The van der Waals surface area contributed by atoms with Gasteiger partial charge in [-0.15, -0.1) is 0 Å². The normalized spacial score (nSPS) is 24.4. The second kappa shape index (κ2) is 7.73. The third kappa shape index (κ3) is 3.86. The fourth-order valence-electron chi connectivity index (χ4n) is 4.24. The Morgan fingerprint density at radius 2 is 2.04 bits per heavy atom. The number of methoxy groups -OCH3 is 1. The highest BCUT2D eigenvalue weighted by molar-refractivity contribution is 6.02. The van der Waals surface area contributed by atoms with Crippen LogP contribution in [0.4, 0.5) is 0 Å². The molecule has 27 heavy (non-hydrogen) atoms. The Balaban J connectivity index is 1.38. The van der Waals surface area contributed by atoms with E-state index in [0.717, 1.165) is 12.8 Å². The predicted octanol–water partition coefficient (Wildman–Crippen LogP) is 4.06. The fraction of sp³-hybridized carbons (Fsp3) is 0.435. The molecule has 2 aromatic rings. The van der Waals surface area contributed by atoms with Crippen molar-refractivity contribution in [2.75, 3.05) is 20.1 Å². The molecule has 1 saturated heterocycles. The third-order valence-electron chi connectivity index (χ3n) is 5.69. The van der Waals surface area contributed by atoms with Crippen molar-refractivity contribution in [1.82, 2.24) is 4.90 Å². The van der Waals surface area contributed by atoms with Gasteiger partial charge in [0, 0.05) is 20.7 Å². The number of ether oxygens (including phenoxy) is 1. The monoisotopic (exact) mass is 370 g/mol. The molecular formula is C23H27NO3. The Labute approximate surface area is 167 Å². The average molecular weight is 371 g/mol. The molecule has 1 aliphatic heterocycles. The molecule has 1 N–H and O–H groups in total. The molecule has 0 radical (unpaired) electrons. The van der Waals surface area contributed by atoms with Crippen LogP contribution in [-0.2, 0) is 12.9 Å². The minimum Gasteiger partial charge on any atom is -0.504 e. The molecule has 2 aromatic carbocycles. The van der Waals surface area contributed by atoms with Crippen LogP contribution in [0.3, 0.4) is 0 Å². The maximum absolute atomic E-state index is 13.0. The minimum atomic E-state index is -2.70. The van der Waals surface area contributed by atoms with E-state index in [1.807, 2.05) is 23.1 Å². The van der Waals surface area contributed by atoms with Crippen molar-refractivity contribution in [3.63, 3.8) is 0 Å². The lowest BCUT2D eigenvalue weighted by Gasteiger charge is -2.32. The molecule has 0 amide bonds. The van der Waals surface area contributed by atoms with Crippen LogP contribution in [0.5, 0.6) is 11.5 Å². The van der Waals surface area contributed by atoms with E-state index in [4.69, 9.17) is 11.6 Å². The van der Waals surface area contributed by atoms with Gasteiger partial charge in [-0.3, -0.25) is 9.69 Å². The first kappa shape index (κ1) is 12.9. The highest BCUT2D eigenvalue weighted by atomic mass is 16.5. The second-order valence-electron chi connectivity index (χ2n) is 7.49. The van der Waals surface area contributed by atoms with Crippen molar-refractivity contribution in [1.29, 1.82) is 0 Å². The van der Waals surface area contributed by atoms with Gasteiger partial charge >= 0.3 is 0 Å². The van der Waals surface area contributed by atoms with Gasteiger partial charge in [0.1, 0.15) is 0 Å². The first-order valence-electron chi connectivity index (χ1n) is 11.9. The van der Waals surface area contributed by atoms with Crippen molar-refractivity contribution in [3.8, 4) is 11.5 Å². The number of carbonyl (C=O) groups is 1. The summed E-state index contributed by atoms with van der Waals surface area (Å²) in [7, 11) is -2.70. The topological polar surface area (TPSA) is 49.8 Å². The highest BCUT2D eigenvalue weighted by Gasteiger charge is 2.34. The Kier molecular flexibility index (Phi) is 3.71. The van der Waals surface area contributed by atoms with E-state index in [9.17, 15) is 9.90 Å². The number of hydrogen-bond donors (Lipinski definition) is 1. The van der Waals surface area contributed by atoms with E-state index in [-0.39, 0.29) is 23.2 Å². The summed E-state index contributed by atoms with van der Waals surface area (Å²) < 4.78 is 43.6. The SMILES string of the molecule is [2H]C([2H])([2H])Oc1cc2c(cc1O)CC(CC1CCN(C([2H])([2H])c3ccccc3)CC1)C2=O. The minimum absolute atomic E-state index is 0.0440. The first-order valence-corrected chi connectivity index (χ1v) is 9.44. The van der Waals surface area contributed by atoms with Crippen molar-refractivity contribution < 1.29 is 21.5 Å². The summed E-state index contributed by atoms with van der Waals surface area (Å²) in [6, 6.07) is 12.0. The lowest BCUT2D eigenvalue weighted by atomic mass is 9.85. The number of Topliss-reactive ketones (excluding diaryl/α,β-unsaturated/α-hetero) is 1. The van der Waals surface area contributed by atoms with Gasteiger partial charge in [-0.2, -0.15) is 0 Å². The van der Waals surface area contributed by atoms with E-state index in [2.05, 4.69) is 0 Å². The van der Waals surface area contributed by atoms with Crippen molar-refractivity contribution in [2.45, 2.75) is 32.2 Å². The molecule has 0 aromatic heterocycles. The van der Waals surface area contributed by atoms with Gasteiger partial charge in [0.2, 0.25) is 0 Å². The van der Waals surface area contributed by atoms with Gasteiger partial charge in [0.25, 0.3) is 0 Å². The van der Waals surface area contributed by atoms with Gasteiger partial charge in [0.15, 0.2) is 17.3 Å². The summed E-state index contributed by atoms with van der Waals surface area (Å²) in [6.07, 6.45) is 2.84. The van der Waals surface area contributed by atoms with Crippen LogP contribution in [0.1, 0.15) is 47.6 Å². The zero-order chi connectivity index (χ0) is 23.1. The van der Waals surface area contributed by atoms with Crippen molar-refractivity contribution >= 4 is 5.78 Å². The van der Waals surface area contributed by atoms with Crippen molar-refractivity contribution in [3.05, 3.63) is 59.2 Å². The Bertz CT molecular complexity index is 985. The highest BCUT2D eigenvalue weighted by Crippen LogP contribution is 2.39. The molecule has 0 bridgehead atoms. The molecule has 1 unspecified atom stereocenters. The van der Waals surface area contributed by atoms with Crippen LogP contribution in [0.2, 0.25) is 0 Å². The summed E-state index contributed by atoms with van der Waals surface area (Å²) in [5.74, 6) is -0.418. The summed E-state index contributed by atoms with van der Waals surface area (Å²) in [6.45, 7) is -0.280. The number of ketones is 1. The van der Waals surface area contributed by atoms with Crippen LogP contribution in [0.15, 0.2) is 42.5 Å². The number of likely N-dealkylation sites (tertiary alicyclic amines) is 1. The number of nitrogens with zero attached hydrogens (tertiary/aromatic N) is 1. The Morgan fingerprint density at radius 3 is 2.78 bits per heavy atom. The standard InChI is InChI=1S/C23H27NO3/c1-27-22-14-20-18(13-21(22)25)12-19(23(20)26)11-16-7-9-24(10-8-16)15-17-5-3-2-4-6-17/h2-6,13-14,16,19,25H,7-12,15H2,1H3/i1D3,15D2. The van der Waals surface area contributed by atoms with Gasteiger partial charge in [-0.05, 0) is 68.0 Å². The van der Waals surface area contributed by atoms with Gasteiger partial charge in [-0.1, -0.05) is 30.3 Å². The summed E-state index contributed by atoms with van der Waals surface area (Å²) in [5.41, 5.74) is 1.79. The van der Waals surface area contributed by atoms with Crippen LogP contribution in [-0.4, -0.2) is 35.9 Å². The number of rotatable bonds is 5. The maximum atomic E-state index is 13.0. The molecule has 1 aliphatic carbocycles. The zero-order valence-electron chi connectivity index (χ0n) is 20.1. The Morgan fingerprint density at radius 1 is 1.26 bits per heavy atom. The van der Waals surface area contributed by atoms with Crippen LogP contribution in [0.25, 0.3) is 0 Å². The van der Waals surface area contributed by atoms with E-state index >= 15 is 0 Å². The average Bonchev–Trinajstić information content (AvgIpc) is 3.03. The maximum Gasteiger partial charge on any atom is 0.166 e. The van der Waals surface area contributed by atoms with Crippen molar-refractivity contribution in [2.24, 2.45) is 11.8 Å². The molecule has 4 rings (SSSR count). The quantitative estimate of drug-likeness (QED) is 0.862. The van der Waals surface area contributed by atoms with Crippen LogP contribution in [0, 0.1) is 11.8 Å². The molecule has 2 aliphatic rings. The molecule has 4 heteroatoms. The largest absolute Gasteiger partial charge is 0.504 e. The number of hydrogen-bond acceptors (Lipinski definition) is 4. The van der Waals surface area contributed by atoms with E-state index < -0.39 is 13.5 Å². The summed E-state index contributed by atoms with van der Waals surface area (Å²) in [4.78, 5) is 14.8. The van der Waals surface area contributed by atoms with Crippen LogP contribution < -0.4 is 4.74 Å². The van der Waals surface area contributed by atoms with E-state index in [0.29, 0.717) is 48.5 Å². The molecule has 0 spiro atoms. The van der Waals surface area contributed by atoms with Gasteiger partial charge in [-0.25, -0.2) is 0 Å². The number of benzene rings is 2. The zero-order valence-corrected chi connectivity index (χ0v) is 15.1. The number of fused-ring (bicyclic) bond motifs is 1. The van der Waals surface area contributed by atoms with E-state index in [1.54, 1.807) is 12.1 Å². The lowest BCUT2D eigenvalue weighted by molar-refractivity contribution is 0.0895. The summed E-state index contributed by atoms with van der Waals surface area (Å²) in [5, 5.41) is 10.1.